The normalized spacial score (nSPS) is 10.6. The van der Waals surface area contributed by atoms with E-state index < -0.39 is 0 Å². The Balaban J connectivity index is 2.49. The van der Waals surface area contributed by atoms with Crippen molar-refractivity contribution in [3.05, 3.63) is 33.9 Å². The molecule has 2 aromatic rings. The smallest absolute Gasteiger partial charge is 0.172 e. The van der Waals surface area contributed by atoms with Gasteiger partial charge in [0.2, 0.25) is 0 Å². The van der Waals surface area contributed by atoms with Gasteiger partial charge >= 0.3 is 0 Å². The summed E-state index contributed by atoms with van der Waals surface area (Å²) in [6.45, 7) is 2.07. The minimum atomic E-state index is 0.383. The average molecular weight is 288 g/mol. The summed E-state index contributed by atoms with van der Waals surface area (Å²) in [7, 11) is 0. The third-order valence-electron chi connectivity index (χ3n) is 1.99. The molecule has 0 saturated heterocycles. The fourth-order valence-corrected chi connectivity index (χ4v) is 1.67. The van der Waals surface area contributed by atoms with Crippen LogP contribution in [0.25, 0.3) is 5.82 Å². The number of aryl methyl sites for hydroxylation is 1. The zero-order valence-corrected chi connectivity index (χ0v) is 10.3. The minimum absolute atomic E-state index is 0.383. The third kappa shape index (κ3) is 2.03. The van der Waals surface area contributed by atoms with Gasteiger partial charge in [0, 0.05) is 6.20 Å². The van der Waals surface area contributed by atoms with Crippen molar-refractivity contribution in [3.8, 4) is 5.82 Å². The first kappa shape index (κ1) is 10.6. The van der Waals surface area contributed by atoms with Crippen molar-refractivity contribution in [2.24, 2.45) is 0 Å². The van der Waals surface area contributed by atoms with Crippen molar-refractivity contribution in [2.45, 2.75) is 13.3 Å². The molecule has 2 rings (SSSR count). The summed E-state index contributed by atoms with van der Waals surface area (Å²) in [5.41, 5.74) is 1.15. The van der Waals surface area contributed by atoms with E-state index in [2.05, 4.69) is 37.9 Å². The molecular weight excluding hydrogens is 279 g/mol. The lowest BCUT2D eigenvalue weighted by atomic mass is 10.3. The molecule has 0 radical (unpaired) electrons. The molecule has 6 heteroatoms. The number of halogens is 2. The first-order chi connectivity index (χ1) is 7.22. The highest BCUT2D eigenvalue weighted by Crippen LogP contribution is 2.24. The molecule has 78 valence electrons. The molecule has 0 unspecified atom stereocenters. The molecule has 0 bridgehead atoms. The molecule has 0 aliphatic rings. The first-order valence-corrected chi connectivity index (χ1v) is 5.59. The van der Waals surface area contributed by atoms with Gasteiger partial charge in [0.05, 0.1) is 10.7 Å². The summed E-state index contributed by atoms with van der Waals surface area (Å²) < 4.78 is 2.33. The van der Waals surface area contributed by atoms with Crippen molar-refractivity contribution in [1.29, 1.82) is 0 Å². The summed E-state index contributed by atoms with van der Waals surface area (Å²) in [6, 6.07) is 0. The summed E-state index contributed by atoms with van der Waals surface area (Å²) in [4.78, 5) is 7.97. The standard InChI is InChI=1S/C9H8BrClN4/c1-2-6-3-14-15(4-6)9-7(10)8(11)12-5-13-9/h3-5H,2H2,1H3. The van der Waals surface area contributed by atoms with Gasteiger partial charge in [0.15, 0.2) is 5.82 Å². The van der Waals surface area contributed by atoms with E-state index in [-0.39, 0.29) is 0 Å². The quantitative estimate of drug-likeness (QED) is 0.798. The van der Waals surface area contributed by atoms with Crippen LogP contribution in [-0.4, -0.2) is 19.7 Å². The molecule has 0 aromatic carbocycles. The lowest BCUT2D eigenvalue weighted by Gasteiger charge is -2.02. The van der Waals surface area contributed by atoms with Crippen molar-refractivity contribution < 1.29 is 0 Å². The second-order valence-electron chi connectivity index (χ2n) is 2.95. The van der Waals surface area contributed by atoms with Crippen LogP contribution in [0.2, 0.25) is 5.15 Å². The minimum Gasteiger partial charge on any atom is -0.223 e. The molecule has 2 heterocycles. The van der Waals surface area contributed by atoms with E-state index in [1.165, 1.54) is 6.33 Å². The van der Waals surface area contributed by atoms with E-state index in [1.54, 1.807) is 4.68 Å². The summed E-state index contributed by atoms with van der Waals surface area (Å²) in [6.07, 6.45) is 6.08. The Bertz CT molecular complexity index is 483. The molecular formula is C9H8BrClN4. The van der Waals surface area contributed by atoms with Crippen LogP contribution in [0.5, 0.6) is 0 Å². The van der Waals surface area contributed by atoms with Crippen LogP contribution in [-0.2, 0) is 6.42 Å². The Morgan fingerprint density at radius 2 is 2.27 bits per heavy atom. The number of aromatic nitrogens is 4. The first-order valence-electron chi connectivity index (χ1n) is 4.42. The Morgan fingerprint density at radius 3 is 2.93 bits per heavy atom. The molecule has 0 amide bonds. The Morgan fingerprint density at radius 1 is 1.47 bits per heavy atom. The fourth-order valence-electron chi connectivity index (χ4n) is 1.16. The van der Waals surface area contributed by atoms with Gasteiger partial charge in [0.25, 0.3) is 0 Å². The maximum Gasteiger partial charge on any atom is 0.172 e. The van der Waals surface area contributed by atoms with E-state index in [0.717, 1.165) is 12.0 Å². The van der Waals surface area contributed by atoms with Crippen LogP contribution in [0, 0.1) is 0 Å². The fraction of sp³-hybridized carbons (Fsp3) is 0.222. The monoisotopic (exact) mass is 286 g/mol. The molecule has 0 atom stereocenters. The number of nitrogens with zero attached hydrogens (tertiary/aromatic N) is 4. The maximum atomic E-state index is 5.87. The van der Waals surface area contributed by atoms with Crippen molar-refractivity contribution in [1.82, 2.24) is 19.7 Å². The second kappa shape index (κ2) is 4.28. The van der Waals surface area contributed by atoms with Crippen LogP contribution < -0.4 is 0 Å². The Labute approximate surface area is 100 Å². The second-order valence-corrected chi connectivity index (χ2v) is 4.10. The molecule has 0 spiro atoms. The van der Waals surface area contributed by atoms with Crippen LogP contribution in [0.4, 0.5) is 0 Å². The van der Waals surface area contributed by atoms with Crippen LogP contribution in [0.15, 0.2) is 23.2 Å². The molecule has 4 nitrogen and oxygen atoms in total. The van der Waals surface area contributed by atoms with Gasteiger partial charge in [-0.1, -0.05) is 18.5 Å². The number of rotatable bonds is 2. The van der Waals surface area contributed by atoms with Crippen LogP contribution in [0.3, 0.4) is 0 Å². The lowest BCUT2D eigenvalue weighted by Crippen LogP contribution is -2.00. The molecule has 0 fully saturated rings. The average Bonchev–Trinajstić information content (AvgIpc) is 2.70. The van der Waals surface area contributed by atoms with E-state index in [4.69, 9.17) is 11.6 Å². The highest BCUT2D eigenvalue weighted by molar-refractivity contribution is 9.10. The van der Waals surface area contributed by atoms with Gasteiger partial charge in [-0.15, -0.1) is 0 Å². The van der Waals surface area contributed by atoms with E-state index in [9.17, 15) is 0 Å². The van der Waals surface area contributed by atoms with Gasteiger partial charge in [0.1, 0.15) is 11.5 Å². The van der Waals surface area contributed by atoms with Crippen LogP contribution >= 0.6 is 27.5 Å². The zero-order chi connectivity index (χ0) is 10.8. The highest BCUT2D eigenvalue weighted by atomic mass is 79.9. The third-order valence-corrected chi connectivity index (χ3v) is 3.23. The summed E-state index contributed by atoms with van der Waals surface area (Å²) >= 11 is 9.20. The predicted molar refractivity (Wildman–Crippen MR) is 61.2 cm³/mol. The van der Waals surface area contributed by atoms with E-state index >= 15 is 0 Å². The van der Waals surface area contributed by atoms with Crippen molar-refractivity contribution in [3.63, 3.8) is 0 Å². The highest BCUT2D eigenvalue weighted by Gasteiger charge is 2.09. The molecule has 0 saturated carbocycles. The lowest BCUT2D eigenvalue weighted by molar-refractivity contribution is 0.832. The molecule has 0 aliphatic carbocycles. The van der Waals surface area contributed by atoms with Crippen LogP contribution in [0.1, 0.15) is 12.5 Å². The summed E-state index contributed by atoms with van der Waals surface area (Å²) in [5.74, 6) is 0.648. The topological polar surface area (TPSA) is 43.6 Å². The van der Waals surface area contributed by atoms with Gasteiger partial charge in [-0.05, 0) is 27.9 Å². The Hall–Kier alpha value is -0.940. The number of hydrogen-bond donors (Lipinski definition) is 0. The van der Waals surface area contributed by atoms with Crippen molar-refractivity contribution >= 4 is 27.5 Å². The van der Waals surface area contributed by atoms with Gasteiger partial charge < -0.3 is 0 Å². The van der Waals surface area contributed by atoms with Gasteiger partial charge in [-0.25, -0.2) is 14.6 Å². The van der Waals surface area contributed by atoms with Gasteiger partial charge in [-0.2, -0.15) is 5.10 Å². The molecule has 0 N–H and O–H groups in total. The molecule has 0 aliphatic heterocycles. The van der Waals surface area contributed by atoms with E-state index in [1.807, 2.05) is 12.4 Å². The maximum absolute atomic E-state index is 5.87. The van der Waals surface area contributed by atoms with Crippen molar-refractivity contribution in [2.75, 3.05) is 0 Å². The Kier molecular flexibility index (Phi) is 3.02. The zero-order valence-electron chi connectivity index (χ0n) is 7.98. The SMILES string of the molecule is CCc1cnn(-c2ncnc(Cl)c2Br)c1. The van der Waals surface area contributed by atoms with Gasteiger partial charge in [-0.3, -0.25) is 0 Å². The predicted octanol–water partition coefficient (Wildman–Crippen LogP) is 2.64. The van der Waals surface area contributed by atoms with E-state index in [0.29, 0.717) is 15.4 Å². The molecule has 15 heavy (non-hydrogen) atoms. The number of hydrogen-bond acceptors (Lipinski definition) is 3. The largest absolute Gasteiger partial charge is 0.223 e. The summed E-state index contributed by atoms with van der Waals surface area (Å²) in [5, 5.41) is 4.58. The molecule has 2 aromatic heterocycles.